The highest BCUT2D eigenvalue weighted by Crippen LogP contribution is 2.62. The summed E-state index contributed by atoms with van der Waals surface area (Å²) in [5, 5.41) is 29.6. The summed E-state index contributed by atoms with van der Waals surface area (Å²) in [7, 11) is 1.52. The van der Waals surface area contributed by atoms with Gasteiger partial charge in [-0.3, -0.25) is 4.90 Å². The zero-order chi connectivity index (χ0) is 48.7. The number of nitrogens with one attached hydrogen (secondary N) is 1. The standard InChI is InChI=1S/C57H65N3O10/c1-3-31-68-57-52(60(38-44-24-16-23-42-21-10-11-25-46(42)44)56(64)67-33-32-66-39-41-19-8-5-9-20-41)36-50(59-65-2)48-34-43(22-12-14-29-61)47(26-13-15-30-62)53(54(48)57)49-35-45(27-28-51(49)70-57)69-55(63)58-37-40-17-6-4-7-18-40/h3-11,16-21,23-25,27-28,34-35,43,47,52-54,61-62H,1,12-15,22,26,29-33,36-39H2,2H3,(H,58,63)/t43-,47+,52-,53+,54+,57+/m0/s1. The highest BCUT2D eigenvalue weighted by atomic mass is 16.7. The van der Waals surface area contributed by atoms with Crippen molar-refractivity contribution in [2.24, 2.45) is 22.9 Å². The van der Waals surface area contributed by atoms with E-state index in [1.807, 2.05) is 109 Å². The quantitative estimate of drug-likeness (QED) is 0.0327. The number of unbranched alkanes of at least 4 members (excludes halogenated alkanes) is 2. The second-order valence-electron chi connectivity index (χ2n) is 18.1. The molecule has 13 heteroatoms. The molecule has 1 aliphatic heterocycles. The van der Waals surface area contributed by atoms with Gasteiger partial charge < -0.3 is 44.1 Å². The Morgan fingerprint density at radius 1 is 0.871 bits per heavy atom. The van der Waals surface area contributed by atoms with Gasteiger partial charge in [-0.25, -0.2) is 9.59 Å². The lowest BCUT2D eigenvalue weighted by Gasteiger charge is -2.59. The third-order valence-corrected chi connectivity index (χ3v) is 13.7. The Morgan fingerprint density at radius 2 is 1.60 bits per heavy atom. The van der Waals surface area contributed by atoms with Gasteiger partial charge in [0.2, 0.25) is 5.79 Å². The van der Waals surface area contributed by atoms with E-state index in [0.29, 0.717) is 43.2 Å². The van der Waals surface area contributed by atoms with Crippen molar-refractivity contribution in [3.63, 3.8) is 0 Å². The molecule has 3 aliphatic rings. The number of hydrogen-bond donors (Lipinski definition) is 3. The summed E-state index contributed by atoms with van der Waals surface area (Å²) >= 11 is 0. The van der Waals surface area contributed by atoms with E-state index in [1.54, 1.807) is 17.0 Å². The first kappa shape index (κ1) is 49.9. The van der Waals surface area contributed by atoms with E-state index in [2.05, 4.69) is 24.0 Å². The SMILES string of the molecule is C=CCO[C@@]12Oc3ccc(OC(=O)NCc4ccccc4)cc3[C@H]3[C@H](CCCCO)[C@@H](CCCCO)C=C(C(=NOC)C[C@@H]1N(Cc1cccc4ccccc14)C(=O)OCCOCc1ccccc1)[C@H]32. The molecule has 5 aromatic rings. The predicted octanol–water partition coefficient (Wildman–Crippen LogP) is 10.2. The first-order chi connectivity index (χ1) is 34.4. The van der Waals surface area contributed by atoms with Crippen molar-refractivity contribution < 1.29 is 48.3 Å². The number of allylic oxidation sites excluding steroid dienone is 1. The van der Waals surface area contributed by atoms with E-state index < -0.39 is 29.9 Å². The van der Waals surface area contributed by atoms with E-state index in [1.165, 1.54) is 7.11 Å². The second-order valence-corrected chi connectivity index (χ2v) is 18.1. The molecule has 0 unspecified atom stereocenters. The van der Waals surface area contributed by atoms with Gasteiger partial charge in [0.15, 0.2) is 0 Å². The van der Waals surface area contributed by atoms with Crippen LogP contribution < -0.4 is 14.8 Å². The third-order valence-electron chi connectivity index (χ3n) is 13.7. The minimum atomic E-state index is -1.54. The van der Waals surface area contributed by atoms with E-state index in [-0.39, 0.29) is 63.8 Å². The summed E-state index contributed by atoms with van der Waals surface area (Å²) in [5.74, 6) is -1.64. The molecule has 0 bridgehead atoms. The van der Waals surface area contributed by atoms with Gasteiger partial charge in [0, 0.05) is 37.7 Å². The molecule has 2 aliphatic carbocycles. The van der Waals surface area contributed by atoms with Crippen LogP contribution in [0, 0.1) is 17.8 Å². The molecule has 0 aromatic heterocycles. The Bertz CT molecular complexity index is 2580. The number of carbonyl (C=O) groups excluding carboxylic acids is 2. The number of benzene rings is 5. The van der Waals surface area contributed by atoms with Crippen LogP contribution in [0.2, 0.25) is 0 Å². The fraction of sp³-hybridized carbons (Fsp3) is 0.386. The van der Waals surface area contributed by atoms with Crippen LogP contribution in [0.25, 0.3) is 10.8 Å². The maximum atomic E-state index is 15.1. The smallest absolute Gasteiger partial charge is 0.412 e. The molecule has 1 fully saturated rings. The van der Waals surface area contributed by atoms with Crippen LogP contribution >= 0.6 is 0 Å². The van der Waals surface area contributed by atoms with Crippen molar-refractivity contribution in [2.45, 2.75) is 82.4 Å². The van der Waals surface area contributed by atoms with Gasteiger partial charge in [-0.2, -0.15) is 0 Å². The van der Waals surface area contributed by atoms with Gasteiger partial charge in [0.05, 0.1) is 38.0 Å². The van der Waals surface area contributed by atoms with Crippen LogP contribution in [0.1, 0.15) is 73.1 Å². The third kappa shape index (κ3) is 11.6. The number of nitrogens with zero attached hydrogens (tertiary/aromatic N) is 2. The predicted molar refractivity (Wildman–Crippen MR) is 268 cm³/mol. The fourth-order valence-electron chi connectivity index (χ4n) is 10.7. The van der Waals surface area contributed by atoms with Crippen molar-refractivity contribution in [1.29, 1.82) is 0 Å². The van der Waals surface area contributed by atoms with Gasteiger partial charge in [-0.05, 0) is 88.8 Å². The minimum Gasteiger partial charge on any atom is -0.459 e. The number of fused-ring (bicyclic) bond motifs is 3. The van der Waals surface area contributed by atoms with Crippen LogP contribution in [0.3, 0.4) is 0 Å². The highest BCUT2D eigenvalue weighted by molar-refractivity contribution is 6.03. The molecule has 0 spiro atoms. The first-order valence-corrected chi connectivity index (χ1v) is 24.5. The summed E-state index contributed by atoms with van der Waals surface area (Å²) < 4.78 is 32.7. The number of amides is 2. The topological polar surface area (TPSA) is 158 Å². The summed E-state index contributed by atoms with van der Waals surface area (Å²) in [5.41, 5.74) is 5.18. The maximum absolute atomic E-state index is 15.1. The van der Waals surface area contributed by atoms with E-state index in [9.17, 15) is 15.0 Å². The molecule has 1 saturated carbocycles. The zero-order valence-electron chi connectivity index (χ0n) is 40.0. The molecule has 3 N–H and O–H groups in total. The number of ether oxygens (including phenoxy) is 5. The van der Waals surface area contributed by atoms with Gasteiger partial charge in [-0.1, -0.05) is 133 Å². The second kappa shape index (κ2) is 24.4. The van der Waals surface area contributed by atoms with Crippen molar-refractivity contribution in [3.8, 4) is 11.5 Å². The summed E-state index contributed by atoms with van der Waals surface area (Å²) in [4.78, 5) is 35.9. The molecule has 0 radical (unpaired) electrons. The number of carbonyl (C=O) groups is 2. The Balaban J connectivity index is 1.24. The molecule has 1 heterocycles. The average molecular weight is 952 g/mol. The Kier molecular flexibility index (Phi) is 17.4. The number of aliphatic hydroxyl groups excluding tert-OH is 2. The van der Waals surface area contributed by atoms with Gasteiger partial charge >= 0.3 is 12.2 Å². The largest absolute Gasteiger partial charge is 0.459 e. The van der Waals surface area contributed by atoms with Crippen LogP contribution in [0.5, 0.6) is 11.5 Å². The van der Waals surface area contributed by atoms with Crippen LogP contribution in [0.15, 0.2) is 151 Å². The molecular formula is C57H65N3O10. The van der Waals surface area contributed by atoms with E-state index in [0.717, 1.165) is 64.3 Å². The monoisotopic (exact) mass is 951 g/mol. The van der Waals surface area contributed by atoms with Gasteiger partial charge in [0.25, 0.3) is 0 Å². The van der Waals surface area contributed by atoms with Crippen LogP contribution in [-0.4, -0.2) is 85.0 Å². The summed E-state index contributed by atoms with van der Waals surface area (Å²) in [6.07, 6.45) is 7.26. The normalized spacial score (nSPS) is 21.7. The highest BCUT2D eigenvalue weighted by Gasteiger charge is 2.65. The van der Waals surface area contributed by atoms with Crippen LogP contribution in [0.4, 0.5) is 9.59 Å². The number of rotatable bonds is 23. The van der Waals surface area contributed by atoms with Gasteiger partial charge in [-0.15, -0.1) is 6.58 Å². The van der Waals surface area contributed by atoms with Crippen LogP contribution in [-0.2, 0) is 38.7 Å². The molecule has 70 heavy (non-hydrogen) atoms. The van der Waals surface area contributed by atoms with Crippen molar-refractivity contribution >= 4 is 28.7 Å². The number of aliphatic hydroxyl groups is 2. The molecule has 8 rings (SSSR count). The van der Waals surface area contributed by atoms with E-state index >= 15 is 4.79 Å². The molecule has 5 aromatic carbocycles. The molecule has 2 amide bonds. The lowest BCUT2D eigenvalue weighted by atomic mass is 9.55. The number of oxime groups is 1. The summed E-state index contributed by atoms with van der Waals surface area (Å²) in [6, 6.07) is 38.2. The molecule has 13 nitrogen and oxygen atoms in total. The lowest BCUT2D eigenvalue weighted by Crippen LogP contribution is -2.70. The fourth-order valence-corrected chi connectivity index (χ4v) is 10.7. The average Bonchev–Trinajstić information content (AvgIpc) is 3.38. The Labute approximate surface area is 410 Å². The van der Waals surface area contributed by atoms with E-state index in [4.69, 9.17) is 33.7 Å². The van der Waals surface area contributed by atoms with Crippen molar-refractivity contribution in [2.75, 3.05) is 40.1 Å². The maximum Gasteiger partial charge on any atom is 0.412 e. The number of hydrogen-bond acceptors (Lipinski definition) is 11. The molecule has 6 atom stereocenters. The zero-order valence-corrected chi connectivity index (χ0v) is 40.0. The first-order valence-electron chi connectivity index (χ1n) is 24.5. The minimum absolute atomic E-state index is 0.00495. The molecule has 0 saturated heterocycles. The Hall–Kier alpha value is -6.51. The Morgan fingerprint density at radius 3 is 2.36 bits per heavy atom. The van der Waals surface area contributed by atoms with Gasteiger partial charge in [0.1, 0.15) is 31.3 Å². The lowest BCUT2D eigenvalue weighted by molar-refractivity contribution is -0.256. The molecular weight excluding hydrogens is 887 g/mol. The summed E-state index contributed by atoms with van der Waals surface area (Å²) in [6.45, 7) is 5.24. The molecule has 368 valence electrons. The van der Waals surface area contributed by atoms with Crippen molar-refractivity contribution in [1.82, 2.24) is 10.2 Å². The van der Waals surface area contributed by atoms with Crippen molar-refractivity contribution in [3.05, 3.63) is 168 Å².